The summed E-state index contributed by atoms with van der Waals surface area (Å²) in [5, 5.41) is 44.9. The monoisotopic (exact) mass is 643 g/mol. The first-order valence-electron chi connectivity index (χ1n) is 15.6. The van der Waals surface area contributed by atoms with E-state index in [0.717, 1.165) is 22.1 Å². The fourth-order valence-corrected chi connectivity index (χ4v) is 6.66. The Labute approximate surface area is 265 Å². The summed E-state index contributed by atoms with van der Waals surface area (Å²) < 4.78 is 33.4. The van der Waals surface area contributed by atoms with Crippen LogP contribution in [-0.4, -0.2) is 81.8 Å². The molecule has 1 aliphatic carbocycles. The standard InChI is InChI=1S/C33H42FN3O9/c1-5-18(14-38)46-27(44-4)16-45-10-9-35-24-8-7-19-17(3)23(34)12-25-28(19)29(24)20-13-37-26(30(20)36-25)11-22(21(15-39)31(37)40)33(43,6-2)32(41)42/h11-12,18,24,27,35,38-39,43H,5-10,13-16H2,1-4H3,(H,41,42)/t18?,24-,27?,33-/m0/s1. The molecule has 12 nitrogen and oxygen atoms in total. The number of ether oxygens (including phenoxy) is 3. The number of aryl methyl sites for hydroxylation is 1. The van der Waals surface area contributed by atoms with Gasteiger partial charge in [0.25, 0.3) is 5.56 Å². The Balaban J connectivity index is 1.51. The van der Waals surface area contributed by atoms with Crippen LogP contribution in [0.1, 0.15) is 72.5 Å². The topological polar surface area (TPSA) is 173 Å². The number of nitrogens with one attached hydrogen (secondary N) is 1. The van der Waals surface area contributed by atoms with Crippen molar-refractivity contribution in [2.75, 3.05) is 33.5 Å². The minimum atomic E-state index is -2.40. The minimum absolute atomic E-state index is 0.118. The molecule has 13 heteroatoms. The molecule has 2 unspecified atom stereocenters. The third-order valence-electron chi connectivity index (χ3n) is 9.36. The predicted octanol–water partition coefficient (Wildman–Crippen LogP) is 2.40. The Hall–Kier alpha value is -3.30. The second-order valence-electron chi connectivity index (χ2n) is 11.8. The molecule has 2 aliphatic rings. The average Bonchev–Trinajstić information content (AvgIpc) is 3.43. The summed E-state index contributed by atoms with van der Waals surface area (Å²) in [4.78, 5) is 30.7. The summed E-state index contributed by atoms with van der Waals surface area (Å²) in [5.74, 6) is -1.93. The van der Waals surface area contributed by atoms with Crippen LogP contribution >= 0.6 is 0 Å². The highest BCUT2D eigenvalue weighted by Crippen LogP contribution is 2.45. The van der Waals surface area contributed by atoms with E-state index in [1.54, 1.807) is 6.92 Å². The number of hydrogen-bond acceptors (Lipinski definition) is 10. The zero-order chi connectivity index (χ0) is 33.3. The quantitative estimate of drug-likeness (QED) is 0.0951. The lowest BCUT2D eigenvalue weighted by Crippen LogP contribution is -2.39. The molecule has 2 aromatic heterocycles. The van der Waals surface area contributed by atoms with Crippen molar-refractivity contribution in [3.05, 3.63) is 61.7 Å². The summed E-state index contributed by atoms with van der Waals surface area (Å²) >= 11 is 0. The molecule has 3 aromatic rings. The highest BCUT2D eigenvalue weighted by atomic mass is 19.1. The molecule has 250 valence electrons. The van der Waals surface area contributed by atoms with E-state index in [4.69, 9.17) is 19.2 Å². The molecule has 4 atom stereocenters. The molecule has 5 N–H and O–H groups in total. The lowest BCUT2D eigenvalue weighted by molar-refractivity contribution is -0.189. The van der Waals surface area contributed by atoms with E-state index in [1.807, 2.05) is 6.92 Å². The van der Waals surface area contributed by atoms with Crippen molar-refractivity contribution in [3.63, 3.8) is 0 Å². The Morgan fingerprint density at radius 1 is 1.26 bits per heavy atom. The summed E-state index contributed by atoms with van der Waals surface area (Å²) in [5.41, 5.74) is 0.756. The Kier molecular flexibility index (Phi) is 10.2. The van der Waals surface area contributed by atoms with Crippen LogP contribution in [0.4, 0.5) is 4.39 Å². The van der Waals surface area contributed by atoms with Gasteiger partial charge < -0.3 is 44.5 Å². The van der Waals surface area contributed by atoms with Crippen molar-refractivity contribution in [3.8, 4) is 11.4 Å². The maximum atomic E-state index is 15.1. The second kappa shape index (κ2) is 13.8. The maximum absolute atomic E-state index is 15.1. The van der Waals surface area contributed by atoms with Crippen molar-refractivity contribution < 1.29 is 43.8 Å². The minimum Gasteiger partial charge on any atom is -0.479 e. The van der Waals surface area contributed by atoms with Crippen LogP contribution in [0.15, 0.2) is 16.9 Å². The van der Waals surface area contributed by atoms with Crippen LogP contribution in [-0.2, 0) is 44.2 Å². The van der Waals surface area contributed by atoms with Crippen molar-refractivity contribution >= 4 is 16.9 Å². The van der Waals surface area contributed by atoms with Crippen LogP contribution in [0.5, 0.6) is 0 Å². The molecule has 5 rings (SSSR count). The number of carboxylic acid groups (broad SMARTS) is 1. The SMILES string of the molecule is CCC(CO)OC(COCCN[C@H]1CCc2c(C)c(F)cc3nc4c(c1c23)Cn1c-4cc([C@@](O)(CC)C(=O)O)c(CO)c1=O)OC. The van der Waals surface area contributed by atoms with Gasteiger partial charge in [-0.15, -0.1) is 0 Å². The molecular weight excluding hydrogens is 601 g/mol. The molecule has 0 amide bonds. The van der Waals surface area contributed by atoms with Crippen LogP contribution in [0.2, 0.25) is 0 Å². The smallest absolute Gasteiger partial charge is 0.340 e. The number of benzene rings is 1. The van der Waals surface area contributed by atoms with Gasteiger partial charge >= 0.3 is 5.97 Å². The number of aliphatic carboxylic acids is 1. The number of fused-ring (bicyclic) bond motifs is 4. The molecule has 0 bridgehead atoms. The van der Waals surface area contributed by atoms with Crippen molar-refractivity contribution in [1.29, 1.82) is 0 Å². The summed E-state index contributed by atoms with van der Waals surface area (Å²) in [6.07, 6.45) is 0.678. The Morgan fingerprint density at radius 3 is 2.65 bits per heavy atom. The number of carbonyl (C=O) groups is 1. The maximum Gasteiger partial charge on any atom is 0.340 e. The van der Waals surface area contributed by atoms with Crippen LogP contribution in [0, 0.1) is 12.7 Å². The number of methoxy groups -OCH3 is 1. The molecule has 1 aromatic carbocycles. The lowest BCUT2D eigenvalue weighted by Gasteiger charge is -2.30. The highest BCUT2D eigenvalue weighted by Gasteiger charge is 2.41. The zero-order valence-corrected chi connectivity index (χ0v) is 26.6. The van der Waals surface area contributed by atoms with E-state index < -0.39 is 30.0 Å². The Morgan fingerprint density at radius 2 is 2.02 bits per heavy atom. The van der Waals surface area contributed by atoms with Gasteiger partial charge in [-0.25, -0.2) is 14.2 Å². The van der Waals surface area contributed by atoms with Crippen molar-refractivity contribution in [2.45, 2.75) is 83.6 Å². The van der Waals surface area contributed by atoms with Crippen molar-refractivity contribution in [1.82, 2.24) is 14.9 Å². The van der Waals surface area contributed by atoms with Gasteiger partial charge in [-0.05, 0) is 55.4 Å². The predicted molar refractivity (Wildman–Crippen MR) is 166 cm³/mol. The van der Waals surface area contributed by atoms with Gasteiger partial charge in [0.1, 0.15) is 5.82 Å². The summed E-state index contributed by atoms with van der Waals surface area (Å²) in [6.45, 7) is 5.34. The van der Waals surface area contributed by atoms with E-state index >= 15 is 4.39 Å². The fraction of sp³-hybridized carbons (Fsp3) is 0.545. The van der Waals surface area contributed by atoms with Gasteiger partial charge in [0.15, 0.2) is 11.9 Å². The summed E-state index contributed by atoms with van der Waals surface area (Å²) in [7, 11) is 1.51. The number of rotatable bonds is 15. The third kappa shape index (κ3) is 5.85. The van der Waals surface area contributed by atoms with Crippen LogP contribution in [0.25, 0.3) is 22.3 Å². The van der Waals surface area contributed by atoms with E-state index in [2.05, 4.69) is 5.32 Å². The van der Waals surface area contributed by atoms with E-state index in [-0.39, 0.29) is 55.3 Å². The molecule has 46 heavy (non-hydrogen) atoms. The number of aromatic nitrogens is 2. The number of pyridine rings is 2. The highest BCUT2D eigenvalue weighted by molar-refractivity contribution is 5.93. The van der Waals surface area contributed by atoms with Crippen LogP contribution < -0.4 is 10.9 Å². The zero-order valence-electron chi connectivity index (χ0n) is 26.6. The molecule has 0 fully saturated rings. The molecular formula is C33H42FN3O9. The van der Waals surface area contributed by atoms with Gasteiger partial charge in [0.05, 0.1) is 56.0 Å². The molecule has 3 heterocycles. The van der Waals surface area contributed by atoms with Gasteiger partial charge in [0.2, 0.25) is 0 Å². The first-order chi connectivity index (χ1) is 22.0. The van der Waals surface area contributed by atoms with E-state index in [0.29, 0.717) is 54.9 Å². The number of aliphatic hydroxyl groups excluding tert-OH is 2. The largest absolute Gasteiger partial charge is 0.479 e. The first-order valence-corrected chi connectivity index (χ1v) is 15.6. The number of halogens is 1. The van der Waals surface area contributed by atoms with Gasteiger partial charge in [-0.1, -0.05) is 13.8 Å². The van der Waals surface area contributed by atoms with E-state index in [1.165, 1.54) is 30.7 Å². The summed E-state index contributed by atoms with van der Waals surface area (Å²) in [6, 6.07) is 2.61. The number of carboxylic acids is 1. The van der Waals surface area contributed by atoms with Crippen molar-refractivity contribution in [2.24, 2.45) is 0 Å². The van der Waals surface area contributed by atoms with E-state index in [9.17, 15) is 30.0 Å². The first kappa shape index (κ1) is 34.0. The number of aliphatic hydroxyl groups is 3. The molecule has 0 radical (unpaired) electrons. The number of hydrogen-bond donors (Lipinski definition) is 5. The molecule has 1 aliphatic heterocycles. The molecule has 0 saturated heterocycles. The van der Waals surface area contributed by atoms with Gasteiger partial charge in [0, 0.05) is 47.8 Å². The average molecular weight is 644 g/mol. The second-order valence-corrected chi connectivity index (χ2v) is 11.8. The molecule has 0 spiro atoms. The van der Waals surface area contributed by atoms with Crippen LogP contribution in [0.3, 0.4) is 0 Å². The van der Waals surface area contributed by atoms with Gasteiger partial charge in [-0.3, -0.25) is 4.79 Å². The third-order valence-corrected chi connectivity index (χ3v) is 9.36. The normalized spacial score (nSPS) is 17.9. The lowest BCUT2D eigenvalue weighted by atomic mass is 9.81. The Bertz CT molecular complexity index is 1690. The van der Waals surface area contributed by atoms with Gasteiger partial charge in [-0.2, -0.15) is 0 Å². The molecule has 0 saturated carbocycles. The number of nitrogens with zero attached hydrogens (tertiary/aromatic N) is 2. The fourth-order valence-electron chi connectivity index (χ4n) is 6.66.